The Hall–Kier alpha value is -3.23. The van der Waals surface area contributed by atoms with Gasteiger partial charge in [-0.15, -0.1) is 0 Å². The normalized spacial score (nSPS) is 10.4. The number of aromatic nitrogens is 3. The van der Waals surface area contributed by atoms with Gasteiger partial charge in [0.15, 0.2) is 0 Å². The van der Waals surface area contributed by atoms with Crippen LogP contribution in [0.25, 0.3) is 0 Å². The van der Waals surface area contributed by atoms with Crippen LogP contribution < -0.4 is 16.0 Å². The van der Waals surface area contributed by atoms with Gasteiger partial charge in [-0.3, -0.25) is 0 Å². The number of nitrogens with one attached hydrogen (secondary N) is 3. The number of nitrogens with zero attached hydrogens (tertiary/aromatic N) is 3. The smallest absolute Gasteiger partial charge is 0.233 e. The minimum absolute atomic E-state index is 0.00203. The lowest BCUT2D eigenvalue weighted by Gasteiger charge is -2.11. The predicted molar refractivity (Wildman–Crippen MR) is 106 cm³/mol. The Kier molecular flexibility index (Phi) is 6.91. The second-order valence-corrected chi connectivity index (χ2v) is 5.55. The number of benzene rings is 2. The van der Waals surface area contributed by atoms with Crippen molar-refractivity contribution >= 4 is 29.2 Å². The van der Waals surface area contributed by atoms with Gasteiger partial charge in [0.25, 0.3) is 0 Å². The predicted octanol–water partition coefficient (Wildman–Crippen LogP) is 2.78. The first kappa shape index (κ1) is 18.6. The van der Waals surface area contributed by atoms with E-state index >= 15 is 0 Å². The Morgan fingerprint density at radius 3 is 1.74 bits per heavy atom. The molecule has 0 aliphatic rings. The van der Waals surface area contributed by atoms with E-state index in [-0.39, 0.29) is 6.61 Å². The number of aliphatic hydroxyl groups is 1. The Morgan fingerprint density at radius 1 is 0.704 bits per heavy atom. The molecular formula is C19H22N6O2. The first-order valence-corrected chi connectivity index (χ1v) is 8.66. The first-order chi connectivity index (χ1) is 13.3. The molecule has 0 fully saturated rings. The highest BCUT2D eigenvalue weighted by atomic mass is 16.5. The summed E-state index contributed by atoms with van der Waals surface area (Å²) in [7, 11) is 0. The van der Waals surface area contributed by atoms with Crippen molar-refractivity contribution in [3.8, 4) is 0 Å². The lowest BCUT2D eigenvalue weighted by molar-refractivity contribution is 0.0991. The van der Waals surface area contributed by atoms with Crippen molar-refractivity contribution in [1.29, 1.82) is 0 Å². The molecular weight excluding hydrogens is 344 g/mol. The molecule has 4 N–H and O–H groups in total. The molecule has 0 radical (unpaired) electrons. The van der Waals surface area contributed by atoms with Crippen LogP contribution in [0, 0.1) is 0 Å². The number of para-hydroxylation sites is 2. The fraction of sp³-hybridized carbons (Fsp3) is 0.211. The molecule has 0 aliphatic heterocycles. The minimum Gasteiger partial charge on any atom is -0.394 e. The summed E-state index contributed by atoms with van der Waals surface area (Å²) in [5.74, 6) is 1.27. The Bertz CT molecular complexity index is 757. The van der Waals surface area contributed by atoms with E-state index in [2.05, 4.69) is 30.9 Å². The summed E-state index contributed by atoms with van der Waals surface area (Å²) in [5, 5.41) is 18.2. The highest BCUT2D eigenvalue weighted by Crippen LogP contribution is 2.18. The van der Waals surface area contributed by atoms with Crippen LogP contribution in [0.3, 0.4) is 0 Å². The molecule has 0 amide bonds. The number of hydrogen-bond donors (Lipinski definition) is 4. The van der Waals surface area contributed by atoms with Crippen molar-refractivity contribution in [2.75, 3.05) is 42.3 Å². The molecule has 0 bridgehead atoms. The summed E-state index contributed by atoms with van der Waals surface area (Å²) < 4.78 is 5.24. The van der Waals surface area contributed by atoms with E-state index in [1.54, 1.807) is 0 Å². The van der Waals surface area contributed by atoms with Gasteiger partial charge in [-0.2, -0.15) is 15.0 Å². The van der Waals surface area contributed by atoms with E-state index in [9.17, 15) is 0 Å². The molecule has 3 aromatic rings. The van der Waals surface area contributed by atoms with Gasteiger partial charge in [0.2, 0.25) is 17.8 Å². The van der Waals surface area contributed by atoms with Crippen LogP contribution in [0.1, 0.15) is 0 Å². The third-order valence-electron chi connectivity index (χ3n) is 3.46. The maximum absolute atomic E-state index is 8.74. The maximum atomic E-state index is 8.74. The Labute approximate surface area is 157 Å². The van der Waals surface area contributed by atoms with Crippen LogP contribution in [0.5, 0.6) is 0 Å². The molecule has 0 atom stereocenters. The minimum atomic E-state index is 0.00203. The van der Waals surface area contributed by atoms with Crippen molar-refractivity contribution in [3.05, 3.63) is 60.7 Å². The van der Waals surface area contributed by atoms with Gasteiger partial charge in [-0.25, -0.2) is 0 Å². The third-order valence-corrected chi connectivity index (χ3v) is 3.46. The van der Waals surface area contributed by atoms with E-state index in [4.69, 9.17) is 9.84 Å². The lowest BCUT2D eigenvalue weighted by atomic mass is 10.3. The quantitative estimate of drug-likeness (QED) is 0.406. The number of anilines is 5. The van der Waals surface area contributed by atoms with Gasteiger partial charge >= 0.3 is 0 Å². The van der Waals surface area contributed by atoms with E-state index < -0.39 is 0 Å². The van der Waals surface area contributed by atoms with Crippen molar-refractivity contribution < 1.29 is 9.84 Å². The molecule has 1 aromatic heterocycles. The molecule has 0 saturated heterocycles. The summed E-state index contributed by atoms with van der Waals surface area (Å²) in [6, 6.07) is 19.4. The van der Waals surface area contributed by atoms with Crippen LogP contribution in [-0.2, 0) is 4.74 Å². The summed E-state index contributed by atoms with van der Waals surface area (Å²) in [5.41, 5.74) is 1.76. The summed E-state index contributed by atoms with van der Waals surface area (Å²) in [6.45, 7) is 1.26. The molecule has 140 valence electrons. The second-order valence-electron chi connectivity index (χ2n) is 5.55. The highest BCUT2D eigenvalue weighted by Gasteiger charge is 2.07. The Morgan fingerprint density at radius 2 is 1.22 bits per heavy atom. The third kappa shape index (κ3) is 6.21. The zero-order chi connectivity index (χ0) is 18.7. The van der Waals surface area contributed by atoms with Crippen LogP contribution >= 0.6 is 0 Å². The molecule has 27 heavy (non-hydrogen) atoms. The monoisotopic (exact) mass is 366 g/mol. The largest absolute Gasteiger partial charge is 0.394 e. The number of rotatable bonds is 10. The summed E-state index contributed by atoms with van der Waals surface area (Å²) in [4.78, 5) is 13.2. The van der Waals surface area contributed by atoms with E-state index in [1.807, 2.05) is 60.7 Å². The zero-order valence-electron chi connectivity index (χ0n) is 14.8. The fourth-order valence-corrected chi connectivity index (χ4v) is 2.27. The van der Waals surface area contributed by atoms with Crippen LogP contribution in [0.4, 0.5) is 29.2 Å². The fourth-order valence-electron chi connectivity index (χ4n) is 2.27. The highest BCUT2D eigenvalue weighted by molar-refractivity contribution is 5.58. The Balaban J connectivity index is 1.74. The molecule has 0 spiro atoms. The average Bonchev–Trinajstić information content (AvgIpc) is 2.69. The molecule has 0 saturated carbocycles. The molecule has 2 aromatic carbocycles. The molecule has 8 nitrogen and oxygen atoms in total. The van der Waals surface area contributed by atoms with Crippen molar-refractivity contribution in [3.63, 3.8) is 0 Å². The van der Waals surface area contributed by atoms with Gasteiger partial charge in [0.1, 0.15) is 0 Å². The van der Waals surface area contributed by atoms with Gasteiger partial charge < -0.3 is 25.8 Å². The van der Waals surface area contributed by atoms with Crippen molar-refractivity contribution in [2.24, 2.45) is 0 Å². The van der Waals surface area contributed by atoms with Crippen molar-refractivity contribution in [2.45, 2.75) is 0 Å². The average molecular weight is 366 g/mol. The van der Waals surface area contributed by atoms with Gasteiger partial charge in [0, 0.05) is 17.9 Å². The molecule has 1 heterocycles. The molecule has 8 heteroatoms. The maximum Gasteiger partial charge on any atom is 0.233 e. The summed E-state index contributed by atoms with van der Waals surface area (Å²) >= 11 is 0. The van der Waals surface area contributed by atoms with Gasteiger partial charge in [-0.1, -0.05) is 36.4 Å². The molecule has 3 rings (SSSR count). The van der Waals surface area contributed by atoms with E-state index in [0.29, 0.717) is 37.6 Å². The first-order valence-electron chi connectivity index (χ1n) is 8.66. The number of ether oxygens (including phenoxy) is 1. The zero-order valence-corrected chi connectivity index (χ0v) is 14.8. The molecule has 0 unspecified atom stereocenters. The summed E-state index contributed by atoms with van der Waals surface area (Å²) in [6.07, 6.45) is 0. The van der Waals surface area contributed by atoms with Gasteiger partial charge in [0.05, 0.1) is 19.8 Å². The van der Waals surface area contributed by atoms with Gasteiger partial charge in [-0.05, 0) is 24.3 Å². The second kappa shape index (κ2) is 10.0. The number of hydrogen-bond acceptors (Lipinski definition) is 8. The topological polar surface area (TPSA) is 104 Å². The number of aliphatic hydroxyl groups excluding tert-OH is 1. The standard InChI is InChI=1S/C19H22N6O2/c26-12-14-27-13-11-20-17-23-18(21-15-7-3-1-4-8-15)25-19(24-17)22-16-9-5-2-6-10-16/h1-10,26H,11-14H2,(H3,20,21,22,23,24,25). The van der Waals surface area contributed by atoms with Crippen LogP contribution in [0.2, 0.25) is 0 Å². The van der Waals surface area contributed by atoms with Crippen LogP contribution in [-0.4, -0.2) is 46.4 Å². The lowest BCUT2D eigenvalue weighted by Crippen LogP contribution is -2.14. The van der Waals surface area contributed by atoms with Crippen LogP contribution in [0.15, 0.2) is 60.7 Å². The van der Waals surface area contributed by atoms with Crippen molar-refractivity contribution in [1.82, 2.24) is 15.0 Å². The molecule has 0 aliphatic carbocycles. The van der Waals surface area contributed by atoms with E-state index in [0.717, 1.165) is 11.4 Å². The SMILES string of the molecule is OCCOCCNc1nc(Nc2ccccc2)nc(Nc2ccccc2)n1. The van der Waals surface area contributed by atoms with E-state index in [1.165, 1.54) is 0 Å².